The van der Waals surface area contributed by atoms with Gasteiger partial charge in [0.05, 0.1) is 11.4 Å². The number of aliphatic carboxylic acids is 1. The minimum absolute atomic E-state index is 0.326. The second-order valence-electron chi connectivity index (χ2n) is 5.46. The van der Waals surface area contributed by atoms with E-state index in [-0.39, 0.29) is 0 Å². The molecule has 1 aromatic carbocycles. The Labute approximate surface area is 129 Å². The zero-order chi connectivity index (χ0) is 15.4. The standard InChI is InChI=1S/C17H19N3O2/c21-16(22)9-8-14-12-20(15-6-2-1-3-7-15)19-17(14)13-5-4-10-18-11-13/h1-3,6-9,12-13,18H,4-5,10-11H2,(H,21,22). The number of benzene rings is 1. The molecule has 1 aliphatic rings. The van der Waals surface area contributed by atoms with Crippen molar-refractivity contribution in [2.24, 2.45) is 0 Å². The summed E-state index contributed by atoms with van der Waals surface area (Å²) in [5.41, 5.74) is 2.82. The average molecular weight is 297 g/mol. The Morgan fingerprint density at radius 1 is 1.36 bits per heavy atom. The van der Waals surface area contributed by atoms with Crippen LogP contribution in [0.1, 0.15) is 30.0 Å². The highest BCUT2D eigenvalue weighted by Gasteiger charge is 2.21. The van der Waals surface area contributed by atoms with Gasteiger partial charge >= 0.3 is 5.97 Å². The van der Waals surface area contributed by atoms with Crippen molar-refractivity contribution in [3.8, 4) is 5.69 Å². The van der Waals surface area contributed by atoms with Crippen LogP contribution in [0, 0.1) is 0 Å². The Hall–Kier alpha value is -2.40. The van der Waals surface area contributed by atoms with Gasteiger partial charge in [-0.2, -0.15) is 5.10 Å². The summed E-state index contributed by atoms with van der Waals surface area (Å²) in [6.07, 6.45) is 6.90. The minimum atomic E-state index is -0.944. The maximum Gasteiger partial charge on any atom is 0.328 e. The number of carboxylic acid groups (broad SMARTS) is 1. The molecule has 2 N–H and O–H groups in total. The Balaban J connectivity index is 1.98. The molecule has 1 aliphatic heterocycles. The Kier molecular flexibility index (Phi) is 4.34. The molecule has 5 heteroatoms. The number of carbonyl (C=O) groups is 1. The third-order valence-corrected chi connectivity index (χ3v) is 3.88. The predicted octanol–water partition coefficient (Wildman–Crippen LogP) is 2.44. The van der Waals surface area contributed by atoms with Crippen molar-refractivity contribution in [2.45, 2.75) is 18.8 Å². The van der Waals surface area contributed by atoms with Crippen LogP contribution in [0.25, 0.3) is 11.8 Å². The number of rotatable bonds is 4. The summed E-state index contributed by atoms with van der Waals surface area (Å²) in [7, 11) is 0. The van der Waals surface area contributed by atoms with E-state index in [9.17, 15) is 4.79 Å². The van der Waals surface area contributed by atoms with Crippen LogP contribution in [-0.2, 0) is 4.79 Å². The molecule has 5 nitrogen and oxygen atoms in total. The van der Waals surface area contributed by atoms with Crippen LogP contribution in [0.4, 0.5) is 0 Å². The number of nitrogens with zero attached hydrogens (tertiary/aromatic N) is 2. The largest absolute Gasteiger partial charge is 0.478 e. The molecule has 1 saturated heterocycles. The zero-order valence-corrected chi connectivity index (χ0v) is 12.3. The van der Waals surface area contributed by atoms with Gasteiger partial charge in [0, 0.05) is 30.3 Å². The van der Waals surface area contributed by atoms with E-state index in [1.54, 1.807) is 6.08 Å². The Morgan fingerprint density at radius 2 is 2.18 bits per heavy atom. The van der Waals surface area contributed by atoms with Crippen molar-refractivity contribution < 1.29 is 9.90 Å². The summed E-state index contributed by atoms with van der Waals surface area (Å²) < 4.78 is 1.82. The minimum Gasteiger partial charge on any atom is -0.478 e. The lowest BCUT2D eigenvalue weighted by Crippen LogP contribution is -2.29. The van der Waals surface area contributed by atoms with E-state index in [4.69, 9.17) is 10.2 Å². The lowest BCUT2D eigenvalue weighted by atomic mass is 9.94. The van der Waals surface area contributed by atoms with Gasteiger partial charge in [0.25, 0.3) is 0 Å². The summed E-state index contributed by atoms with van der Waals surface area (Å²) >= 11 is 0. The molecule has 1 aromatic heterocycles. The molecule has 0 saturated carbocycles. The Morgan fingerprint density at radius 3 is 2.86 bits per heavy atom. The van der Waals surface area contributed by atoms with Crippen LogP contribution in [-0.4, -0.2) is 33.9 Å². The smallest absolute Gasteiger partial charge is 0.328 e. The van der Waals surface area contributed by atoms with E-state index >= 15 is 0 Å². The van der Waals surface area contributed by atoms with Crippen LogP contribution >= 0.6 is 0 Å². The van der Waals surface area contributed by atoms with Gasteiger partial charge in [-0.15, -0.1) is 0 Å². The first-order chi connectivity index (χ1) is 10.7. The fraction of sp³-hybridized carbons (Fsp3) is 0.294. The summed E-state index contributed by atoms with van der Waals surface area (Å²) in [6.45, 7) is 1.93. The van der Waals surface area contributed by atoms with Gasteiger partial charge in [-0.25, -0.2) is 9.48 Å². The first-order valence-electron chi connectivity index (χ1n) is 7.51. The molecule has 2 heterocycles. The van der Waals surface area contributed by atoms with E-state index in [0.29, 0.717) is 5.92 Å². The quantitative estimate of drug-likeness (QED) is 0.851. The van der Waals surface area contributed by atoms with Gasteiger partial charge in [-0.1, -0.05) is 18.2 Å². The lowest BCUT2D eigenvalue weighted by molar-refractivity contribution is -0.131. The normalized spacial score (nSPS) is 18.6. The van der Waals surface area contributed by atoms with E-state index in [1.165, 1.54) is 6.08 Å². The summed E-state index contributed by atoms with van der Waals surface area (Å²) in [4.78, 5) is 10.8. The third kappa shape index (κ3) is 3.26. The van der Waals surface area contributed by atoms with Crippen molar-refractivity contribution in [1.82, 2.24) is 15.1 Å². The van der Waals surface area contributed by atoms with Crippen LogP contribution < -0.4 is 5.32 Å². The highest BCUT2D eigenvalue weighted by molar-refractivity contribution is 5.85. The van der Waals surface area contributed by atoms with Gasteiger partial charge in [0.15, 0.2) is 0 Å². The first kappa shape index (κ1) is 14.5. The fourth-order valence-corrected chi connectivity index (χ4v) is 2.81. The second-order valence-corrected chi connectivity index (χ2v) is 5.46. The number of para-hydroxylation sites is 1. The molecule has 0 amide bonds. The topological polar surface area (TPSA) is 67.1 Å². The molecule has 1 fully saturated rings. The molecule has 2 aromatic rings. The lowest BCUT2D eigenvalue weighted by Gasteiger charge is -2.21. The summed E-state index contributed by atoms with van der Waals surface area (Å²) in [6, 6.07) is 9.86. The molecule has 1 unspecified atom stereocenters. The molecule has 0 aliphatic carbocycles. The van der Waals surface area contributed by atoms with Crippen LogP contribution in [0.2, 0.25) is 0 Å². The van der Waals surface area contributed by atoms with E-state index in [2.05, 4.69) is 5.32 Å². The van der Waals surface area contributed by atoms with Crippen LogP contribution in [0.15, 0.2) is 42.6 Å². The first-order valence-corrected chi connectivity index (χ1v) is 7.51. The number of piperidine rings is 1. The van der Waals surface area contributed by atoms with Crippen molar-refractivity contribution in [3.63, 3.8) is 0 Å². The van der Waals surface area contributed by atoms with Crippen LogP contribution in [0.3, 0.4) is 0 Å². The molecule has 0 bridgehead atoms. The molecule has 1 atom stereocenters. The van der Waals surface area contributed by atoms with E-state index < -0.39 is 5.97 Å². The molecule has 0 radical (unpaired) electrons. The number of carboxylic acids is 1. The highest BCUT2D eigenvalue weighted by atomic mass is 16.4. The highest BCUT2D eigenvalue weighted by Crippen LogP contribution is 2.27. The molecule has 22 heavy (non-hydrogen) atoms. The van der Waals surface area contributed by atoms with Gasteiger partial charge < -0.3 is 10.4 Å². The number of hydrogen-bond acceptors (Lipinski definition) is 3. The molecule has 3 rings (SSSR count). The second kappa shape index (κ2) is 6.58. The average Bonchev–Trinajstić information content (AvgIpc) is 2.99. The van der Waals surface area contributed by atoms with Crippen molar-refractivity contribution in [3.05, 3.63) is 53.9 Å². The fourth-order valence-electron chi connectivity index (χ4n) is 2.81. The predicted molar refractivity (Wildman–Crippen MR) is 85.1 cm³/mol. The maximum absolute atomic E-state index is 10.8. The van der Waals surface area contributed by atoms with Crippen molar-refractivity contribution in [2.75, 3.05) is 13.1 Å². The van der Waals surface area contributed by atoms with Crippen LogP contribution in [0.5, 0.6) is 0 Å². The molecular formula is C17H19N3O2. The molecule has 0 spiro atoms. The SMILES string of the molecule is O=C(O)C=Cc1cn(-c2ccccc2)nc1C1CCCNC1. The molecular weight excluding hydrogens is 278 g/mol. The summed E-state index contributed by atoms with van der Waals surface area (Å²) in [5, 5.41) is 17.0. The van der Waals surface area contributed by atoms with E-state index in [1.807, 2.05) is 41.2 Å². The van der Waals surface area contributed by atoms with Gasteiger partial charge in [0.1, 0.15) is 0 Å². The number of nitrogens with one attached hydrogen (secondary N) is 1. The monoisotopic (exact) mass is 297 g/mol. The van der Waals surface area contributed by atoms with Crippen molar-refractivity contribution in [1.29, 1.82) is 0 Å². The maximum atomic E-state index is 10.8. The Bertz CT molecular complexity index is 670. The van der Waals surface area contributed by atoms with Gasteiger partial charge in [-0.3, -0.25) is 0 Å². The van der Waals surface area contributed by atoms with Crippen molar-refractivity contribution >= 4 is 12.0 Å². The van der Waals surface area contributed by atoms with Gasteiger partial charge in [-0.05, 0) is 37.6 Å². The number of hydrogen-bond donors (Lipinski definition) is 2. The molecule has 114 valence electrons. The van der Waals surface area contributed by atoms with Gasteiger partial charge in [0.2, 0.25) is 0 Å². The summed E-state index contributed by atoms with van der Waals surface area (Å²) in [5.74, 6) is -0.618. The third-order valence-electron chi connectivity index (χ3n) is 3.88. The number of aromatic nitrogens is 2. The zero-order valence-electron chi connectivity index (χ0n) is 12.3. The van der Waals surface area contributed by atoms with E-state index in [0.717, 1.165) is 42.9 Å².